The van der Waals surface area contributed by atoms with Crippen LogP contribution in [0, 0.1) is 25.2 Å². The third-order valence-corrected chi connectivity index (χ3v) is 5.64. The number of aryl methyl sites for hydroxylation is 2. The van der Waals surface area contributed by atoms with Crippen molar-refractivity contribution >= 4 is 11.1 Å². The third-order valence-electron chi connectivity index (χ3n) is 5.64. The molecule has 1 heterocycles. The Morgan fingerprint density at radius 3 is 2.67 bits per heavy atom. The first-order chi connectivity index (χ1) is 9.80. The monoisotopic (exact) mass is 286 g/mol. The van der Waals surface area contributed by atoms with Gasteiger partial charge >= 0.3 is 0 Å². The van der Waals surface area contributed by atoms with Gasteiger partial charge in [-0.1, -0.05) is 26.8 Å². The lowest BCUT2D eigenvalue weighted by atomic mass is 9.61. The first-order valence-corrected chi connectivity index (χ1v) is 7.94. The summed E-state index contributed by atoms with van der Waals surface area (Å²) in [6.45, 7) is 11.1. The van der Waals surface area contributed by atoms with Crippen LogP contribution >= 0.6 is 0 Å². The van der Waals surface area contributed by atoms with Crippen LogP contribution in [0.25, 0.3) is 11.1 Å². The first-order valence-electron chi connectivity index (χ1n) is 7.94. The SMILES string of the molecule is Cc1cc(C)c2oc(C3CCC(N)C(C)C3(C)C)nc2c1. The highest BCUT2D eigenvalue weighted by Gasteiger charge is 2.44. The van der Waals surface area contributed by atoms with Crippen molar-refractivity contribution in [3.63, 3.8) is 0 Å². The van der Waals surface area contributed by atoms with Crippen LogP contribution in [0.2, 0.25) is 0 Å². The van der Waals surface area contributed by atoms with Crippen molar-refractivity contribution in [3.05, 3.63) is 29.2 Å². The molecule has 3 nitrogen and oxygen atoms in total. The Balaban J connectivity index is 2.06. The summed E-state index contributed by atoms with van der Waals surface area (Å²) in [4.78, 5) is 4.81. The van der Waals surface area contributed by atoms with Gasteiger partial charge in [-0.3, -0.25) is 0 Å². The standard InChI is InChI=1S/C18H26N2O/c1-10-8-11(2)16-15(9-10)20-17(21-16)13-6-7-14(19)12(3)18(13,4)5/h8-9,12-14H,6-7,19H2,1-5H3. The van der Waals surface area contributed by atoms with E-state index in [9.17, 15) is 0 Å². The average molecular weight is 286 g/mol. The lowest BCUT2D eigenvalue weighted by Crippen LogP contribution is -2.45. The van der Waals surface area contributed by atoms with Crippen LogP contribution < -0.4 is 5.73 Å². The molecule has 0 amide bonds. The number of nitrogens with zero attached hydrogens (tertiary/aromatic N) is 1. The number of nitrogens with two attached hydrogens (primary N) is 1. The van der Waals surface area contributed by atoms with Crippen molar-refractivity contribution in [1.29, 1.82) is 0 Å². The summed E-state index contributed by atoms with van der Waals surface area (Å²) in [6, 6.07) is 4.55. The summed E-state index contributed by atoms with van der Waals surface area (Å²) in [7, 11) is 0. The molecule has 2 N–H and O–H groups in total. The second-order valence-electron chi connectivity index (χ2n) is 7.39. The summed E-state index contributed by atoms with van der Waals surface area (Å²) in [6.07, 6.45) is 2.11. The molecule has 1 aliphatic carbocycles. The lowest BCUT2D eigenvalue weighted by Gasteiger charge is -2.45. The number of benzene rings is 1. The number of hydrogen-bond acceptors (Lipinski definition) is 3. The van der Waals surface area contributed by atoms with Crippen molar-refractivity contribution in [2.24, 2.45) is 17.1 Å². The van der Waals surface area contributed by atoms with Crippen LogP contribution in [0.5, 0.6) is 0 Å². The Bertz CT molecular complexity index is 671. The predicted octanol–water partition coefficient (Wildman–Crippen LogP) is 4.31. The molecule has 3 heteroatoms. The van der Waals surface area contributed by atoms with Crippen molar-refractivity contribution in [1.82, 2.24) is 4.98 Å². The van der Waals surface area contributed by atoms with E-state index in [0.29, 0.717) is 11.8 Å². The lowest BCUT2D eigenvalue weighted by molar-refractivity contribution is 0.0854. The molecule has 1 aliphatic rings. The highest BCUT2D eigenvalue weighted by atomic mass is 16.3. The first kappa shape index (κ1) is 14.6. The number of aromatic nitrogens is 1. The zero-order chi connectivity index (χ0) is 15.4. The van der Waals surface area contributed by atoms with Gasteiger partial charge in [-0.15, -0.1) is 0 Å². The van der Waals surface area contributed by atoms with Gasteiger partial charge in [0.25, 0.3) is 0 Å². The summed E-state index contributed by atoms with van der Waals surface area (Å²) in [5, 5.41) is 0. The molecule has 21 heavy (non-hydrogen) atoms. The third kappa shape index (κ3) is 2.28. The van der Waals surface area contributed by atoms with E-state index in [4.69, 9.17) is 15.1 Å². The summed E-state index contributed by atoms with van der Waals surface area (Å²) < 4.78 is 6.16. The summed E-state index contributed by atoms with van der Waals surface area (Å²) >= 11 is 0. The number of rotatable bonds is 1. The Hall–Kier alpha value is -1.35. The fourth-order valence-electron chi connectivity index (χ4n) is 3.83. The minimum absolute atomic E-state index is 0.113. The van der Waals surface area contributed by atoms with Crippen LogP contribution in [0.1, 0.15) is 56.5 Å². The molecule has 3 unspecified atom stereocenters. The molecule has 1 aromatic carbocycles. The van der Waals surface area contributed by atoms with Gasteiger partial charge in [0.1, 0.15) is 5.52 Å². The van der Waals surface area contributed by atoms with Crippen LogP contribution in [0.4, 0.5) is 0 Å². The van der Waals surface area contributed by atoms with E-state index in [1.807, 2.05) is 0 Å². The molecule has 0 bridgehead atoms. The van der Waals surface area contributed by atoms with Gasteiger partial charge in [0, 0.05) is 12.0 Å². The topological polar surface area (TPSA) is 52.0 Å². The molecule has 0 saturated heterocycles. The van der Waals surface area contributed by atoms with Crippen LogP contribution in [-0.2, 0) is 0 Å². The largest absolute Gasteiger partial charge is 0.440 e. The Labute approximate surface area is 126 Å². The van der Waals surface area contributed by atoms with Gasteiger partial charge in [-0.05, 0) is 55.2 Å². The van der Waals surface area contributed by atoms with Gasteiger partial charge in [0.15, 0.2) is 11.5 Å². The van der Waals surface area contributed by atoms with Crippen molar-refractivity contribution < 1.29 is 4.42 Å². The van der Waals surface area contributed by atoms with E-state index in [2.05, 4.69) is 46.8 Å². The summed E-state index contributed by atoms with van der Waals surface area (Å²) in [5.74, 6) is 1.70. The Morgan fingerprint density at radius 1 is 1.24 bits per heavy atom. The van der Waals surface area contributed by atoms with Gasteiger partial charge < -0.3 is 10.2 Å². The minimum atomic E-state index is 0.113. The molecule has 3 atom stereocenters. The quantitative estimate of drug-likeness (QED) is 0.849. The fraction of sp³-hybridized carbons (Fsp3) is 0.611. The number of oxazole rings is 1. The van der Waals surface area contributed by atoms with E-state index in [0.717, 1.165) is 29.8 Å². The molecule has 1 fully saturated rings. The van der Waals surface area contributed by atoms with E-state index in [-0.39, 0.29) is 11.5 Å². The number of hydrogen-bond donors (Lipinski definition) is 1. The molecule has 1 saturated carbocycles. The maximum absolute atomic E-state index is 6.26. The molecule has 1 aromatic heterocycles. The zero-order valence-corrected chi connectivity index (χ0v) is 13.7. The second-order valence-corrected chi connectivity index (χ2v) is 7.39. The fourth-order valence-corrected chi connectivity index (χ4v) is 3.83. The normalized spacial score (nSPS) is 29.0. The van der Waals surface area contributed by atoms with Crippen molar-refractivity contribution in [2.45, 2.75) is 59.4 Å². The Morgan fingerprint density at radius 2 is 1.95 bits per heavy atom. The molecular weight excluding hydrogens is 260 g/mol. The average Bonchev–Trinajstić information content (AvgIpc) is 2.79. The molecule has 114 valence electrons. The molecule has 0 aliphatic heterocycles. The maximum atomic E-state index is 6.26. The highest BCUT2D eigenvalue weighted by molar-refractivity contribution is 5.77. The van der Waals surface area contributed by atoms with Gasteiger partial charge in [-0.25, -0.2) is 4.98 Å². The molecular formula is C18H26N2O. The van der Waals surface area contributed by atoms with E-state index in [1.165, 1.54) is 11.1 Å². The van der Waals surface area contributed by atoms with Crippen LogP contribution in [-0.4, -0.2) is 11.0 Å². The van der Waals surface area contributed by atoms with Crippen LogP contribution in [0.3, 0.4) is 0 Å². The van der Waals surface area contributed by atoms with Crippen LogP contribution in [0.15, 0.2) is 16.5 Å². The van der Waals surface area contributed by atoms with Crippen molar-refractivity contribution in [2.75, 3.05) is 0 Å². The van der Waals surface area contributed by atoms with Gasteiger partial charge in [0.2, 0.25) is 0 Å². The zero-order valence-electron chi connectivity index (χ0n) is 13.7. The van der Waals surface area contributed by atoms with Gasteiger partial charge in [0.05, 0.1) is 0 Å². The minimum Gasteiger partial charge on any atom is -0.440 e. The van der Waals surface area contributed by atoms with E-state index in [1.54, 1.807) is 0 Å². The predicted molar refractivity (Wildman–Crippen MR) is 86.4 cm³/mol. The summed E-state index contributed by atoms with van der Waals surface area (Å²) in [5.41, 5.74) is 10.7. The van der Waals surface area contributed by atoms with Gasteiger partial charge in [-0.2, -0.15) is 0 Å². The van der Waals surface area contributed by atoms with E-state index < -0.39 is 0 Å². The molecule has 2 aromatic rings. The second kappa shape index (κ2) is 4.84. The molecule has 3 rings (SSSR count). The Kier molecular flexibility index (Phi) is 3.36. The molecule has 0 radical (unpaired) electrons. The molecule has 0 spiro atoms. The number of fused-ring (bicyclic) bond motifs is 1. The highest BCUT2D eigenvalue weighted by Crippen LogP contribution is 2.49. The maximum Gasteiger partial charge on any atom is 0.199 e. The van der Waals surface area contributed by atoms with Crippen molar-refractivity contribution in [3.8, 4) is 0 Å². The smallest absolute Gasteiger partial charge is 0.199 e. The van der Waals surface area contributed by atoms with E-state index >= 15 is 0 Å².